The molecule has 0 radical (unpaired) electrons. The number of rotatable bonds is 6. The number of hydrogen-bond donors (Lipinski definition) is 1. The summed E-state index contributed by atoms with van der Waals surface area (Å²) in [7, 11) is 0. The van der Waals surface area contributed by atoms with Crippen LogP contribution in [-0.2, 0) is 17.8 Å². The van der Waals surface area contributed by atoms with Gasteiger partial charge in [-0.1, -0.05) is 30.3 Å². The molecule has 154 valence electrons. The molecule has 1 saturated heterocycles. The third-order valence-electron chi connectivity index (χ3n) is 5.40. The van der Waals surface area contributed by atoms with E-state index in [4.69, 9.17) is 0 Å². The number of piperidine rings is 1. The Morgan fingerprint density at radius 2 is 1.83 bits per heavy atom. The van der Waals surface area contributed by atoms with Crippen LogP contribution in [0.4, 0.5) is 11.5 Å². The topological polar surface area (TPSA) is 80.1 Å². The minimum atomic E-state index is -0.309. The number of benzene rings is 1. The van der Waals surface area contributed by atoms with Gasteiger partial charge in [-0.2, -0.15) is 5.10 Å². The smallest absolute Gasteiger partial charge is 0.267 e. The van der Waals surface area contributed by atoms with Crippen molar-refractivity contribution in [1.29, 1.82) is 0 Å². The maximum absolute atomic E-state index is 12.3. The van der Waals surface area contributed by atoms with Crippen LogP contribution >= 0.6 is 0 Å². The molecule has 1 aliphatic rings. The van der Waals surface area contributed by atoms with Gasteiger partial charge in [0.2, 0.25) is 5.91 Å². The monoisotopic (exact) mass is 403 g/mol. The molecule has 1 aromatic carbocycles. The Kier molecular flexibility index (Phi) is 6.17. The number of nitrogens with zero attached hydrogens (tertiary/aromatic N) is 4. The lowest BCUT2D eigenvalue weighted by Crippen LogP contribution is -2.37. The summed E-state index contributed by atoms with van der Waals surface area (Å²) in [6.45, 7) is 1.65. The summed E-state index contributed by atoms with van der Waals surface area (Å²) in [5.41, 5.74) is 1.67. The fraction of sp³-hybridized carbons (Fsp3) is 0.304. The highest BCUT2D eigenvalue weighted by atomic mass is 16.2. The Balaban J connectivity index is 1.36. The van der Waals surface area contributed by atoms with E-state index in [9.17, 15) is 9.59 Å². The van der Waals surface area contributed by atoms with Crippen LogP contribution in [0.25, 0.3) is 0 Å². The molecule has 0 unspecified atom stereocenters. The van der Waals surface area contributed by atoms with E-state index >= 15 is 0 Å². The molecule has 0 saturated carbocycles. The fourth-order valence-corrected chi connectivity index (χ4v) is 3.81. The molecule has 0 bridgehead atoms. The molecule has 3 aromatic rings. The van der Waals surface area contributed by atoms with Crippen molar-refractivity contribution in [3.8, 4) is 0 Å². The molecule has 7 heteroatoms. The normalized spacial score (nSPS) is 14.5. The van der Waals surface area contributed by atoms with Gasteiger partial charge in [-0.05, 0) is 48.9 Å². The molecular weight excluding hydrogens is 378 g/mol. The van der Waals surface area contributed by atoms with Crippen LogP contribution in [0.2, 0.25) is 0 Å². The standard InChI is InChI=1S/C23H25N5O2/c29-22(25-20-7-4-12-24-16-20)17-28-23(30)9-8-21(26-28)27-13-10-19(11-14-27)15-18-5-2-1-3-6-18/h1-9,12,16,19H,10-11,13-15,17H2,(H,25,29). The van der Waals surface area contributed by atoms with Gasteiger partial charge in [-0.15, -0.1) is 0 Å². The Labute approximate surface area is 175 Å². The number of hydrogen-bond acceptors (Lipinski definition) is 5. The van der Waals surface area contributed by atoms with Crippen LogP contribution in [0.1, 0.15) is 18.4 Å². The van der Waals surface area contributed by atoms with Gasteiger partial charge in [-0.3, -0.25) is 14.6 Å². The fourth-order valence-electron chi connectivity index (χ4n) is 3.81. The van der Waals surface area contributed by atoms with Crippen LogP contribution in [0.15, 0.2) is 71.8 Å². The van der Waals surface area contributed by atoms with Crippen molar-refractivity contribution < 1.29 is 4.79 Å². The van der Waals surface area contributed by atoms with Crippen LogP contribution in [0, 0.1) is 5.92 Å². The Hall–Kier alpha value is -3.48. The first-order chi connectivity index (χ1) is 14.7. The van der Waals surface area contributed by atoms with E-state index < -0.39 is 0 Å². The van der Waals surface area contributed by atoms with Crippen molar-refractivity contribution in [3.63, 3.8) is 0 Å². The molecule has 0 atom stereocenters. The van der Waals surface area contributed by atoms with Crippen LogP contribution in [0.5, 0.6) is 0 Å². The van der Waals surface area contributed by atoms with Gasteiger partial charge in [0.1, 0.15) is 12.4 Å². The number of pyridine rings is 1. The molecule has 0 spiro atoms. The number of amides is 1. The van der Waals surface area contributed by atoms with Crippen molar-refractivity contribution in [2.75, 3.05) is 23.3 Å². The summed E-state index contributed by atoms with van der Waals surface area (Å²) in [6.07, 6.45) is 6.45. The summed E-state index contributed by atoms with van der Waals surface area (Å²) in [4.78, 5) is 30.6. The zero-order valence-corrected chi connectivity index (χ0v) is 16.8. The summed E-state index contributed by atoms with van der Waals surface area (Å²) >= 11 is 0. The van der Waals surface area contributed by atoms with Crippen LogP contribution in [-0.4, -0.2) is 33.8 Å². The molecule has 0 aliphatic carbocycles. The number of carbonyl (C=O) groups excluding carboxylic acids is 1. The van der Waals surface area contributed by atoms with E-state index in [0.29, 0.717) is 11.6 Å². The maximum atomic E-state index is 12.3. The second kappa shape index (κ2) is 9.35. The van der Waals surface area contributed by atoms with E-state index in [0.717, 1.165) is 38.2 Å². The van der Waals surface area contributed by atoms with E-state index in [1.807, 2.05) is 6.07 Å². The molecule has 4 rings (SSSR count). The molecule has 1 N–H and O–H groups in total. The van der Waals surface area contributed by atoms with Crippen molar-refractivity contribution in [3.05, 3.63) is 82.9 Å². The van der Waals surface area contributed by atoms with Crippen molar-refractivity contribution in [1.82, 2.24) is 14.8 Å². The molecule has 1 amide bonds. The number of anilines is 2. The maximum Gasteiger partial charge on any atom is 0.267 e. The first kappa shape index (κ1) is 19.8. The van der Waals surface area contributed by atoms with Gasteiger partial charge >= 0.3 is 0 Å². The lowest BCUT2D eigenvalue weighted by Gasteiger charge is -2.33. The van der Waals surface area contributed by atoms with Gasteiger partial charge in [0.15, 0.2) is 0 Å². The predicted octanol–water partition coefficient (Wildman–Crippen LogP) is 2.74. The SMILES string of the molecule is O=C(Cn1nc(N2CCC(Cc3ccccc3)CC2)ccc1=O)Nc1cccnc1. The zero-order chi connectivity index (χ0) is 20.8. The van der Waals surface area contributed by atoms with E-state index in [-0.39, 0.29) is 18.0 Å². The zero-order valence-electron chi connectivity index (χ0n) is 16.8. The lowest BCUT2D eigenvalue weighted by atomic mass is 9.90. The summed E-state index contributed by atoms with van der Waals surface area (Å²) in [5.74, 6) is 1.08. The van der Waals surface area contributed by atoms with Crippen LogP contribution < -0.4 is 15.8 Å². The van der Waals surface area contributed by atoms with E-state index in [1.165, 1.54) is 16.3 Å². The van der Waals surface area contributed by atoms with Crippen molar-refractivity contribution >= 4 is 17.4 Å². The van der Waals surface area contributed by atoms with Gasteiger partial charge < -0.3 is 10.2 Å². The average Bonchev–Trinajstić information content (AvgIpc) is 2.77. The molecule has 1 aliphatic heterocycles. The van der Waals surface area contributed by atoms with E-state index in [2.05, 4.69) is 44.6 Å². The molecule has 30 heavy (non-hydrogen) atoms. The molecule has 7 nitrogen and oxygen atoms in total. The predicted molar refractivity (Wildman–Crippen MR) is 116 cm³/mol. The molecular formula is C23H25N5O2. The molecule has 1 fully saturated rings. The largest absolute Gasteiger partial charge is 0.355 e. The minimum absolute atomic E-state index is 0.133. The second-order valence-electron chi connectivity index (χ2n) is 7.60. The van der Waals surface area contributed by atoms with Crippen molar-refractivity contribution in [2.45, 2.75) is 25.8 Å². The first-order valence-electron chi connectivity index (χ1n) is 10.2. The average molecular weight is 403 g/mol. The highest BCUT2D eigenvalue weighted by Crippen LogP contribution is 2.24. The highest BCUT2D eigenvalue weighted by molar-refractivity contribution is 5.90. The summed E-state index contributed by atoms with van der Waals surface area (Å²) < 4.78 is 1.22. The van der Waals surface area contributed by atoms with Crippen LogP contribution in [0.3, 0.4) is 0 Å². The number of aromatic nitrogens is 3. The summed E-state index contributed by atoms with van der Waals surface area (Å²) in [6, 6.07) is 17.3. The Morgan fingerprint density at radius 1 is 1.03 bits per heavy atom. The molecule has 2 aromatic heterocycles. The third-order valence-corrected chi connectivity index (χ3v) is 5.40. The Morgan fingerprint density at radius 3 is 2.57 bits per heavy atom. The van der Waals surface area contributed by atoms with Gasteiger partial charge in [0, 0.05) is 25.4 Å². The van der Waals surface area contributed by atoms with Gasteiger partial charge in [0.25, 0.3) is 5.56 Å². The first-order valence-corrected chi connectivity index (χ1v) is 10.2. The number of carbonyl (C=O) groups is 1. The van der Waals surface area contributed by atoms with Gasteiger partial charge in [-0.25, -0.2) is 4.68 Å². The van der Waals surface area contributed by atoms with Gasteiger partial charge in [0.05, 0.1) is 11.9 Å². The Bertz CT molecular complexity index is 1030. The molecule has 3 heterocycles. The highest BCUT2D eigenvalue weighted by Gasteiger charge is 2.21. The number of nitrogens with one attached hydrogen (secondary N) is 1. The van der Waals surface area contributed by atoms with E-state index in [1.54, 1.807) is 30.6 Å². The lowest BCUT2D eigenvalue weighted by molar-refractivity contribution is -0.117. The minimum Gasteiger partial charge on any atom is -0.355 e. The second-order valence-corrected chi connectivity index (χ2v) is 7.60. The quantitative estimate of drug-likeness (QED) is 0.685. The summed E-state index contributed by atoms with van der Waals surface area (Å²) in [5, 5.41) is 7.17. The van der Waals surface area contributed by atoms with Crippen molar-refractivity contribution in [2.24, 2.45) is 5.92 Å². The third kappa shape index (κ3) is 5.11.